The second-order valence-corrected chi connectivity index (χ2v) is 9.75. The summed E-state index contributed by atoms with van der Waals surface area (Å²) in [5, 5.41) is 14.9. The summed E-state index contributed by atoms with van der Waals surface area (Å²) in [4.78, 5) is 36.4. The number of carbonyl (C=O) groups is 3. The normalized spacial score (nSPS) is 13.7. The Morgan fingerprint density at radius 1 is 0.667 bits per heavy atom. The molecule has 2 amide bonds. The van der Waals surface area contributed by atoms with E-state index >= 15 is 0 Å². The number of hydrogen-bond donors (Lipinski definition) is 3. The summed E-state index contributed by atoms with van der Waals surface area (Å²) in [7, 11) is 0. The maximum absolute atomic E-state index is 13.2. The Hall–Kier alpha value is -5.23. The SMILES string of the molecule is C.C.C.C.O=C(Nc1ccc(F)c(F)c1)c1cccc2c1OCC[C@@H]2O.O=C1CCOc2c1cccc2C(=O)Nc1ccc(F)c(F)c1. The van der Waals surface area contributed by atoms with Crippen molar-refractivity contribution in [2.75, 3.05) is 23.8 Å². The van der Waals surface area contributed by atoms with E-state index in [0.29, 0.717) is 29.9 Å². The zero-order valence-corrected chi connectivity index (χ0v) is 22.8. The highest BCUT2D eigenvalue weighted by atomic mass is 19.2. The molecule has 6 rings (SSSR count). The van der Waals surface area contributed by atoms with E-state index in [-0.39, 0.29) is 76.8 Å². The highest BCUT2D eigenvalue weighted by Crippen LogP contribution is 2.35. The van der Waals surface area contributed by atoms with E-state index < -0.39 is 41.2 Å². The van der Waals surface area contributed by atoms with Crippen molar-refractivity contribution in [1.82, 2.24) is 0 Å². The molecule has 0 saturated carbocycles. The molecule has 2 heterocycles. The van der Waals surface area contributed by atoms with Gasteiger partial charge in [0.1, 0.15) is 11.5 Å². The predicted octanol–water partition coefficient (Wildman–Crippen LogP) is 8.76. The molecule has 258 valence electrons. The Kier molecular flexibility index (Phi) is 15.0. The van der Waals surface area contributed by atoms with Gasteiger partial charge in [-0.15, -0.1) is 0 Å². The van der Waals surface area contributed by atoms with Crippen LogP contribution in [0.1, 0.15) is 85.3 Å². The Morgan fingerprint density at radius 2 is 1.17 bits per heavy atom. The minimum absolute atomic E-state index is 0. The third-order valence-corrected chi connectivity index (χ3v) is 6.78. The number of amides is 2. The quantitative estimate of drug-likeness (QED) is 0.187. The molecule has 1 atom stereocenters. The van der Waals surface area contributed by atoms with Crippen molar-refractivity contribution in [3.05, 3.63) is 118 Å². The van der Waals surface area contributed by atoms with Crippen LogP contribution in [0, 0.1) is 23.3 Å². The number of ether oxygens (including phenoxy) is 2. The molecule has 4 aromatic carbocycles. The first kappa shape index (κ1) is 40.8. The zero-order chi connectivity index (χ0) is 31.4. The fourth-order valence-corrected chi connectivity index (χ4v) is 4.60. The van der Waals surface area contributed by atoms with Gasteiger partial charge in [-0.2, -0.15) is 0 Å². The van der Waals surface area contributed by atoms with E-state index in [4.69, 9.17) is 9.47 Å². The smallest absolute Gasteiger partial charge is 0.259 e. The molecule has 0 aromatic heterocycles. The Balaban J connectivity index is 0.000000443. The minimum atomic E-state index is -1.06. The molecule has 4 aromatic rings. The maximum Gasteiger partial charge on any atom is 0.259 e. The van der Waals surface area contributed by atoms with Crippen LogP contribution in [0.2, 0.25) is 0 Å². The summed E-state index contributed by atoms with van der Waals surface area (Å²) < 4.78 is 63.0. The number of nitrogens with one attached hydrogen (secondary N) is 2. The van der Waals surface area contributed by atoms with Gasteiger partial charge in [0.05, 0.1) is 36.0 Å². The number of para-hydroxylation sites is 2. The summed E-state index contributed by atoms with van der Waals surface area (Å²) in [6.07, 6.45) is 0.0439. The summed E-state index contributed by atoms with van der Waals surface area (Å²) in [6.45, 7) is 0.519. The lowest BCUT2D eigenvalue weighted by Gasteiger charge is -2.24. The van der Waals surface area contributed by atoms with Crippen LogP contribution >= 0.6 is 0 Å². The molecule has 2 aliphatic rings. The van der Waals surface area contributed by atoms with Gasteiger partial charge >= 0.3 is 0 Å². The van der Waals surface area contributed by atoms with Crippen LogP contribution in [0.5, 0.6) is 11.5 Å². The molecule has 0 saturated heterocycles. The first-order chi connectivity index (χ1) is 21.1. The number of fused-ring (bicyclic) bond motifs is 2. The van der Waals surface area contributed by atoms with Crippen molar-refractivity contribution in [3.63, 3.8) is 0 Å². The summed E-state index contributed by atoms with van der Waals surface area (Å²) >= 11 is 0. The summed E-state index contributed by atoms with van der Waals surface area (Å²) in [5.41, 5.74) is 1.56. The average molecular weight is 673 g/mol. The van der Waals surface area contributed by atoms with Crippen molar-refractivity contribution in [2.45, 2.75) is 48.7 Å². The monoisotopic (exact) mass is 672 g/mol. The lowest BCUT2D eigenvalue weighted by atomic mass is 9.99. The molecule has 0 spiro atoms. The largest absolute Gasteiger partial charge is 0.492 e. The number of carbonyl (C=O) groups excluding carboxylic acids is 3. The highest BCUT2D eigenvalue weighted by Gasteiger charge is 2.26. The number of ketones is 1. The number of hydrogen-bond acceptors (Lipinski definition) is 6. The summed E-state index contributed by atoms with van der Waals surface area (Å²) in [5.74, 6) is -4.71. The van der Waals surface area contributed by atoms with Crippen LogP contribution in [0.15, 0.2) is 72.8 Å². The van der Waals surface area contributed by atoms with Gasteiger partial charge in [-0.1, -0.05) is 47.9 Å². The van der Waals surface area contributed by atoms with Gasteiger partial charge in [0.25, 0.3) is 11.8 Å². The Morgan fingerprint density at radius 3 is 1.71 bits per heavy atom. The molecule has 3 N–H and O–H groups in total. The molecule has 0 unspecified atom stereocenters. The second-order valence-electron chi connectivity index (χ2n) is 9.75. The van der Waals surface area contributed by atoms with Gasteiger partial charge < -0.3 is 25.2 Å². The van der Waals surface area contributed by atoms with Gasteiger partial charge in [-0.25, -0.2) is 17.6 Å². The van der Waals surface area contributed by atoms with Crippen molar-refractivity contribution in [2.24, 2.45) is 0 Å². The van der Waals surface area contributed by atoms with E-state index in [1.54, 1.807) is 30.3 Å². The molecule has 8 nitrogen and oxygen atoms in total. The molecule has 12 heteroatoms. The zero-order valence-electron chi connectivity index (χ0n) is 22.8. The van der Waals surface area contributed by atoms with Crippen molar-refractivity contribution in [1.29, 1.82) is 0 Å². The minimum Gasteiger partial charge on any atom is -0.492 e. The Labute approximate surface area is 277 Å². The third kappa shape index (κ3) is 8.97. The standard InChI is InChI=1S/C16H13F2NO3.C16H11F2NO3.4CH4/c2*17-12-5-4-9(8-13(12)18)19-16(21)11-3-1-2-10-14(20)6-7-22-15(10)11;;;;/h1-5,8,14,20H,6-7H2,(H,19,21);1-5,8H,6-7H2,(H,19,21);4*1H4/t14-;;;;;/m0...../s1. The maximum atomic E-state index is 13.2. The summed E-state index contributed by atoms with van der Waals surface area (Å²) in [6, 6.07) is 15.7. The van der Waals surface area contributed by atoms with Crippen LogP contribution in [0.4, 0.5) is 28.9 Å². The van der Waals surface area contributed by atoms with E-state index in [2.05, 4.69) is 10.6 Å². The van der Waals surface area contributed by atoms with Crippen molar-refractivity contribution >= 4 is 29.0 Å². The predicted molar refractivity (Wildman–Crippen MR) is 178 cm³/mol. The Bertz CT molecular complexity index is 1760. The average Bonchev–Trinajstić information content (AvgIpc) is 3.01. The van der Waals surface area contributed by atoms with Gasteiger partial charge in [0, 0.05) is 41.9 Å². The van der Waals surface area contributed by atoms with E-state index in [0.717, 1.165) is 24.3 Å². The lowest BCUT2D eigenvalue weighted by Crippen LogP contribution is -2.20. The fraction of sp³-hybridized carbons (Fsp3) is 0.250. The first-order valence-electron chi connectivity index (χ1n) is 13.4. The number of anilines is 2. The van der Waals surface area contributed by atoms with E-state index in [1.807, 2.05) is 0 Å². The second kappa shape index (κ2) is 17.6. The molecular formula is C36H40F4N2O6. The van der Waals surface area contributed by atoms with Gasteiger partial charge in [0.2, 0.25) is 0 Å². The van der Waals surface area contributed by atoms with Gasteiger partial charge in [0.15, 0.2) is 29.1 Å². The first-order valence-corrected chi connectivity index (χ1v) is 13.4. The highest BCUT2D eigenvalue weighted by molar-refractivity contribution is 6.10. The number of rotatable bonds is 4. The van der Waals surface area contributed by atoms with E-state index in [9.17, 15) is 37.1 Å². The number of aliphatic hydroxyl groups is 1. The molecule has 2 aliphatic heterocycles. The molecule has 0 aliphatic carbocycles. The molecule has 48 heavy (non-hydrogen) atoms. The number of halogens is 4. The number of aliphatic hydroxyl groups excluding tert-OH is 1. The van der Waals surface area contributed by atoms with Crippen molar-refractivity contribution < 1.29 is 46.5 Å². The third-order valence-electron chi connectivity index (χ3n) is 6.78. The molecular weight excluding hydrogens is 632 g/mol. The molecule has 0 fully saturated rings. The van der Waals surface area contributed by atoms with Crippen LogP contribution in [0.25, 0.3) is 0 Å². The van der Waals surface area contributed by atoms with E-state index in [1.165, 1.54) is 18.2 Å². The molecule has 0 radical (unpaired) electrons. The number of Topliss-reactive ketones (excluding diaryl/α,β-unsaturated/α-hetero) is 1. The van der Waals surface area contributed by atoms with Crippen LogP contribution in [-0.2, 0) is 0 Å². The van der Waals surface area contributed by atoms with Crippen LogP contribution in [-0.4, -0.2) is 35.9 Å². The molecule has 0 bridgehead atoms. The number of benzene rings is 4. The van der Waals surface area contributed by atoms with Crippen LogP contribution < -0.4 is 20.1 Å². The van der Waals surface area contributed by atoms with Gasteiger partial charge in [-0.05, 0) is 42.5 Å². The topological polar surface area (TPSA) is 114 Å². The lowest BCUT2D eigenvalue weighted by molar-refractivity contribution is 0.0929. The van der Waals surface area contributed by atoms with Gasteiger partial charge in [-0.3, -0.25) is 14.4 Å². The van der Waals surface area contributed by atoms with Crippen LogP contribution in [0.3, 0.4) is 0 Å². The van der Waals surface area contributed by atoms with Crippen molar-refractivity contribution in [3.8, 4) is 11.5 Å². The fourth-order valence-electron chi connectivity index (χ4n) is 4.60.